The molecule has 0 aliphatic carbocycles. The van der Waals surface area contributed by atoms with Crippen LogP contribution in [0, 0.1) is 13.8 Å². The normalized spacial score (nSPS) is 10.6. The molecule has 4 rings (SSSR count). The van der Waals surface area contributed by atoms with Crippen LogP contribution in [0.2, 0.25) is 0 Å². The van der Waals surface area contributed by atoms with Gasteiger partial charge in [0.25, 0.3) is 5.91 Å². The van der Waals surface area contributed by atoms with Crippen LogP contribution in [-0.4, -0.2) is 15.5 Å². The maximum absolute atomic E-state index is 12.8. The van der Waals surface area contributed by atoms with Crippen LogP contribution in [0.15, 0.2) is 85.1 Å². The number of nitrogens with zero attached hydrogens (tertiary/aromatic N) is 2. The lowest BCUT2D eigenvalue weighted by Crippen LogP contribution is -2.13. The molecule has 4 aromatic rings. The number of nitrogens with one attached hydrogen (secondary N) is 2. The van der Waals surface area contributed by atoms with Gasteiger partial charge in [-0.05, 0) is 68.4 Å². The van der Waals surface area contributed by atoms with Gasteiger partial charge in [-0.15, -0.1) is 0 Å². The van der Waals surface area contributed by atoms with Gasteiger partial charge in [0.05, 0.1) is 5.56 Å². The fraction of sp³-hybridized carbons (Fsp3) is 0.0833. The molecule has 0 aliphatic heterocycles. The minimum atomic E-state index is -0.135. The smallest absolute Gasteiger partial charge is 0.257 e. The highest BCUT2D eigenvalue weighted by Crippen LogP contribution is 2.22. The van der Waals surface area contributed by atoms with Gasteiger partial charge in [0, 0.05) is 34.6 Å². The van der Waals surface area contributed by atoms with Gasteiger partial charge in [0.15, 0.2) is 0 Å². The number of aryl methyl sites for hydroxylation is 1. The van der Waals surface area contributed by atoms with E-state index in [1.165, 1.54) is 0 Å². The van der Waals surface area contributed by atoms with Crippen molar-refractivity contribution in [2.24, 2.45) is 0 Å². The van der Waals surface area contributed by atoms with Gasteiger partial charge in [-0.3, -0.25) is 4.79 Å². The average Bonchev–Trinajstić information content (AvgIpc) is 3.05. The Balaban J connectivity index is 1.50. The highest BCUT2D eigenvalue weighted by atomic mass is 16.1. The molecule has 2 heterocycles. The number of carbonyl (C=O) groups is 1. The Bertz CT molecular complexity index is 1120. The number of hydrogen-bond acceptors (Lipinski definition) is 3. The highest BCUT2D eigenvalue weighted by molar-refractivity contribution is 6.05. The summed E-state index contributed by atoms with van der Waals surface area (Å²) in [7, 11) is 0. The maximum Gasteiger partial charge on any atom is 0.257 e. The first-order valence-electron chi connectivity index (χ1n) is 9.45. The summed E-state index contributed by atoms with van der Waals surface area (Å²) in [5, 5.41) is 6.31. The van der Waals surface area contributed by atoms with Gasteiger partial charge in [0.2, 0.25) is 0 Å². The molecule has 0 aliphatic rings. The average molecular weight is 382 g/mol. The molecule has 0 bridgehead atoms. The van der Waals surface area contributed by atoms with E-state index in [9.17, 15) is 4.79 Å². The number of hydrogen-bond donors (Lipinski definition) is 2. The summed E-state index contributed by atoms with van der Waals surface area (Å²) in [6, 6.07) is 25.3. The Labute approximate surface area is 170 Å². The van der Waals surface area contributed by atoms with E-state index in [1.54, 1.807) is 6.20 Å². The zero-order valence-corrected chi connectivity index (χ0v) is 16.4. The van der Waals surface area contributed by atoms with Gasteiger partial charge < -0.3 is 15.2 Å². The number of amides is 1. The number of aromatic nitrogens is 2. The molecule has 144 valence electrons. The van der Waals surface area contributed by atoms with E-state index < -0.39 is 0 Å². The third-order valence-corrected chi connectivity index (χ3v) is 4.76. The molecule has 0 radical (unpaired) electrons. The Morgan fingerprint density at radius 3 is 2.17 bits per heavy atom. The van der Waals surface area contributed by atoms with E-state index in [1.807, 2.05) is 97.3 Å². The second-order valence-corrected chi connectivity index (χ2v) is 6.83. The first-order chi connectivity index (χ1) is 14.1. The molecular weight excluding hydrogens is 360 g/mol. The minimum absolute atomic E-state index is 0.135. The molecular formula is C24H22N4O. The molecule has 1 amide bonds. The second kappa shape index (κ2) is 8.02. The van der Waals surface area contributed by atoms with Crippen molar-refractivity contribution >= 4 is 23.0 Å². The third-order valence-electron chi connectivity index (χ3n) is 4.76. The SMILES string of the molecule is Cc1cc(C(=O)Nc2ccc(Nc3ccccc3)cc2)c(C)n1-c1ccccn1. The van der Waals surface area contributed by atoms with Crippen molar-refractivity contribution in [1.82, 2.24) is 9.55 Å². The lowest BCUT2D eigenvalue weighted by Gasteiger charge is -2.10. The van der Waals surface area contributed by atoms with Crippen molar-refractivity contribution in [1.29, 1.82) is 0 Å². The van der Waals surface area contributed by atoms with Crippen LogP contribution in [-0.2, 0) is 0 Å². The zero-order chi connectivity index (χ0) is 20.2. The minimum Gasteiger partial charge on any atom is -0.356 e. The van der Waals surface area contributed by atoms with Crippen molar-refractivity contribution in [3.63, 3.8) is 0 Å². The quantitative estimate of drug-likeness (QED) is 0.480. The summed E-state index contributed by atoms with van der Waals surface area (Å²) >= 11 is 0. The fourth-order valence-corrected chi connectivity index (χ4v) is 3.35. The van der Waals surface area contributed by atoms with Crippen molar-refractivity contribution in [2.75, 3.05) is 10.6 Å². The molecule has 0 saturated heterocycles. The van der Waals surface area contributed by atoms with E-state index in [2.05, 4.69) is 15.6 Å². The molecule has 0 unspecified atom stereocenters. The maximum atomic E-state index is 12.8. The Morgan fingerprint density at radius 1 is 0.828 bits per heavy atom. The van der Waals surface area contributed by atoms with Crippen LogP contribution in [0.3, 0.4) is 0 Å². The monoisotopic (exact) mass is 382 g/mol. The molecule has 2 aromatic heterocycles. The van der Waals surface area contributed by atoms with Gasteiger partial charge in [0.1, 0.15) is 5.82 Å². The molecule has 0 atom stereocenters. The molecule has 0 saturated carbocycles. The molecule has 2 aromatic carbocycles. The van der Waals surface area contributed by atoms with Crippen molar-refractivity contribution in [2.45, 2.75) is 13.8 Å². The molecule has 0 spiro atoms. The summed E-state index contributed by atoms with van der Waals surface area (Å²) < 4.78 is 1.99. The van der Waals surface area contributed by atoms with Crippen LogP contribution < -0.4 is 10.6 Å². The third kappa shape index (κ3) is 4.04. The molecule has 0 fully saturated rings. The first-order valence-corrected chi connectivity index (χ1v) is 9.45. The number of carbonyl (C=O) groups excluding carboxylic acids is 1. The lowest BCUT2D eigenvalue weighted by atomic mass is 10.2. The number of rotatable bonds is 5. The molecule has 5 heteroatoms. The van der Waals surface area contributed by atoms with E-state index in [-0.39, 0.29) is 5.91 Å². The molecule has 2 N–H and O–H groups in total. The topological polar surface area (TPSA) is 59.0 Å². The Kier molecular flexibility index (Phi) is 5.12. The second-order valence-electron chi connectivity index (χ2n) is 6.83. The lowest BCUT2D eigenvalue weighted by molar-refractivity contribution is 0.102. The van der Waals surface area contributed by atoms with Crippen molar-refractivity contribution < 1.29 is 4.79 Å². The summed E-state index contributed by atoms with van der Waals surface area (Å²) in [5.74, 6) is 0.668. The Hall–Kier alpha value is -3.86. The fourth-order valence-electron chi connectivity index (χ4n) is 3.35. The largest absolute Gasteiger partial charge is 0.356 e. The summed E-state index contributed by atoms with van der Waals surface area (Å²) in [6.45, 7) is 3.91. The van der Waals surface area contributed by atoms with Crippen LogP contribution in [0.25, 0.3) is 5.82 Å². The predicted octanol–water partition coefficient (Wildman–Crippen LogP) is 5.49. The van der Waals surface area contributed by atoms with Gasteiger partial charge in [-0.2, -0.15) is 0 Å². The van der Waals surface area contributed by atoms with Crippen molar-refractivity contribution in [3.8, 4) is 5.82 Å². The van der Waals surface area contributed by atoms with Crippen LogP contribution in [0.1, 0.15) is 21.7 Å². The number of para-hydroxylation sites is 1. The van der Waals surface area contributed by atoms with Crippen LogP contribution >= 0.6 is 0 Å². The van der Waals surface area contributed by atoms with E-state index in [4.69, 9.17) is 0 Å². The summed E-state index contributed by atoms with van der Waals surface area (Å²) in [4.78, 5) is 17.2. The molecule has 29 heavy (non-hydrogen) atoms. The summed E-state index contributed by atoms with van der Waals surface area (Å²) in [6.07, 6.45) is 1.75. The summed E-state index contributed by atoms with van der Waals surface area (Å²) in [5.41, 5.74) is 5.19. The molecule has 5 nitrogen and oxygen atoms in total. The number of anilines is 3. The van der Waals surface area contributed by atoms with Crippen LogP contribution in [0.5, 0.6) is 0 Å². The first kappa shape index (κ1) is 18.5. The number of benzene rings is 2. The Morgan fingerprint density at radius 2 is 1.48 bits per heavy atom. The standard InChI is InChI=1S/C24H22N4O/c1-17-16-22(18(2)28(17)23-10-6-7-15-25-23)24(29)27-21-13-11-20(12-14-21)26-19-8-4-3-5-9-19/h3-16,26H,1-2H3,(H,27,29). The van der Waals surface area contributed by atoms with Gasteiger partial charge >= 0.3 is 0 Å². The van der Waals surface area contributed by atoms with E-state index in [0.717, 1.165) is 34.3 Å². The van der Waals surface area contributed by atoms with Crippen LogP contribution in [0.4, 0.5) is 17.1 Å². The van der Waals surface area contributed by atoms with Gasteiger partial charge in [-0.1, -0.05) is 24.3 Å². The predicted molar refractivity (Wildman–Crippen MR) is 117 cm³/mol. The number of pyridine rings is 1. The zero-order valence-electron chi connectivity index (χ0n) is 16.4. The van der Waals surface area contributed by atoms with E-state index >= 15 is 0 Å². The van der Waals surface area contributed by atoms with E-state index in [0.29, 0.717) is 5.56 Å². The van der Waals surface area contributed by atoms with Gasteiger partial charge in [-0.25, -0.2) is 4.98 Å². The highest BCUT2D eigenvalue weighted by Gasteiger charge is 2.17. The van der Waals surface area contributed by atoms with Crippen molar-refractivity contribution in [3.05, 3.63) is 102 Å².